The Bertz CT molecular complexity index is 619. The third-order valence-electron chi connectivity index (χ3n) is 2.97. The topological polar surface area (TPSA) is 29.5 Å². The largest absolute Gasteiger partial charge is 0.494 e. The van der Waals surface area contributed by atoms with E-state index < -0.39 is 11.9 Å². The lowest BCUT2D eigenvalue weighted by molar-refractivity contribution is 0.178. The molecule has 2 aromatic rings. The van der Waals surface area contributed by atoms with E-state index in [1.807, 2.05) is 0 Å². The Hall–Kier alpha value is -1.10. The molecule has 106 valence electrons. The predicted octanol–water partition coefficient (Wildman–Crippen LogP) is 4.53. The highest BCUT2D eigenvalue weighted by molar-refractivity contribution is 9.10. The number of halogens is 3. The molecule has 2 aromatic carbocycles. The van der Waals surface area contributed by atoms with Gasteiger partial charge in [-0.05, 0) is 51.3 Å². The Balaban J connectivity index is 2.16. The molecule has 2 nitrogen and oxygen atoms in total. The fourth-order valence-corrected chi connectivity index (χ4v) is 2.41. The average Bonchev–Trinajstić information content (AvgIpc) is 2.42. The minimum atomic E-state index is -0.726. The van der Waals surface area contributed by atoms with Gasteiger partial charge in [0.15, 0.2) is 11.6 Å². The summed E-state index contributed by atoms with van der Waals surface area (Å²) in [6, 6.07) is 9.86. The van der Waals surface area contributed by atoms with Crippen molar-refractivity contribution in [3.05, 3.63) is 62.8 Å². The summed E-state index contributed by atoms with van der Waals surface area (Å²) < 4.78 is 19.2. The first-order chi connectivity index (χ1) is 9.51. The summed E-state index contributed by atoms with van der Waals surface area (Å²) in [6.45, 7) is 0. The minimum Gasteiger partial charge on any atom is -0.494 e. The SMILES string of the molecule is COc1ccc(CC(O)c2ccc(Cl)c(Br)c2)cc1F. The summed E-state index contributed by atoms with van der Waals surface area (Å²) in [7, 11) is 1.41. The van der Waals surface area contributed by atoms with Gasteiger partial charge < -0.3 is 9.84 Å². The van der Waals surface area contributed by atoms with E-state index in [1.54, 1.807) is 30.3 Å². The van der Waals surface area contributed by atoms with Gasteiger partial charge in [-0.1, -0.05) is 23.7 Å². The van der Waals surface area contributed by atoms with Crippen LogP contribution in [0.1, 0.15) is 17.2 Å². The van der Waals surface area contributed by atoms with Crippen LogP contribution in [0, 0.1) is 5.82 Å². The van der Waals surface area contributed by atoms with E-state index in [9.17, 15) is 9.50 Å². The van der Waals surface area contributed by atoms with Crippen LogP contribution in [0.15, 0.2) is 40.9 Å². The molecule has 1 unspecified atom stereocenters. The first-order valence-corrected chi connectivity index (χ1v) is 7.14. The number of methoxy groups -OCH3 is 1. The first-order valence-electron chi connectivity index (χ1n) is 5.96. The van der Waals surface area contributed by atoms with E-state index >= 15 is 0 Å². The zero-order chi connectivity index (χ0) is 14.7. The highest BCUT2D eigenvalue weighted by Crippen LogP contribution is 2.28. The molecule has 0 radical (unpaired) electrons. The number of aliphatic hydroxyl groups is 1. The van der Waals surface area contributed by atoms with Crippen LogP contribution in [0.3, 0.4) is 0 Å². The highest BCUT2D eigenvalue weighted by atomic mass is 79.9. The second kappa shape index (κ2) is 6.57. The second-order valence-corrected chi connectivity index (χ2v) is 5.62. The predicted molar refractivity (Wildman–Crippen MR) is 80.8 cm³/mol. The smallest absolute Gasteiger partial charge is 0.165 e. The van der Waals surface area contributed by atoms with Crippen molar-refractivity contribution in [3.8, 4) is 5.75 Å². The summed E-state index contributed by atoms with van der Waals surface area (Å²) in [5.41, 5.74) is 1.42. The standard InChI is InChI=1S/C15H13BrClFO2/c1-20-15-5-2-9(6-13(15)18)7-14(19)10-3-4-12(17)11(16)8-10/h2-6,8,14,19H,7H2,1H3. The summed E-state index contributed by atoms with van der Waals surface area (Å²) in [6.07, 6.45) is -0.411. The maximum atomic E-state index is 13.6. The molecule has 0 aliphatic rings. The molecule has 1 atom stereocenters. The molecule has 0 aromatic heterocycles. The molecule has 1 N–H and O–H groups in total. The zero-order valence-corrected chi connectivity index (χ0v) is 13.1. The zero-order valence-electron chi connectivity index (χ0n) is 10.7. The van der Waals surface area contributed by atoms with Gasteiger partial charge in [-0.3, -0.25) is 0 Å². The molecule has 5 heteroatoms. The van der Waals surface area contributed by atoms with Crippen molar-refractivity contribution in [2.75, 3.05) is 7.11 Å². The Kier molecular flexibility index (Phi) is 5.02. The van der Waals surface area contributed by atoms with Crippen molar-refractivity contribution >= 4 is 27.5 Å². The van der Waals surface area contributed by atoms with E-state index in [2.05, 4.69) is 15.9 Å². The number of ether oxygens (including phenoxy) is 1. The van der Waals surface area contributed by atoms with Crippen LogP contribution in [0.4, 0.5) is 4.39 Å². The molecule has 0 aliphatic heterocycles. The number of hydrogen-bond acceptors (Lipinski definition) is 2. The van der Waals surface area contributed by atoms with Crippen molar-refractivity contribution in [1.82, 2.24) is 0 Å². The Labute approximate surface area is 130 Å². The molecule has 0 spiro atoms. The Morgan fingerprint density at radius 3 is 2.65 bits per heavy atom. The molecule has 0 fully saturated rings. The van der Waals surface area contributed by atoms with E-state index in [4.69, 9.17) is 16.3 Å². The maximum Gasteiger partial charge on any atom is 0.165 e. The van der Waals surface area contributed by atoms with Crippen molar-refractivity contribution in [2.45, 2.75) is 12.5 Å². The van der Waals surface area contributed by atoms with Gasteiger partial charge in [0.2, 0.25) is 0 Å². The molecular weight excluding hydrogens is 347 g/mol. The van der Waals surface area contributed by atoms with Gasteiger partial charge in [0, 0.05) is 10.9 Å². The maximum absolute atomic E-state index is 13.6. The molecule has 0 saturated heterocycles. The van der Waals surface area contributed by atoms with Crippen molar-refractivity contribution in [2.24, 2.45) is 0 Å². The van der Waals surface area contributed by atoms with E-state index in [0.29, 0.717) is 17.0 Å². The van der Waals surface area contributed by atoms with Crippen LogP contribution in [0.2, 0.25) is 5.02 Å². The van der Waals surface area contributed by atoms with E-state index in [0.717, 1.165) is 10.0 Å². The molecule has 20 heavy (non-hydrogen) atoms. The molecule has 0 amide bonds. The molecule has 0 heterocycles. The fraction of sp³-hybridized carbons (Fsp3) is 0.200. The number of rotatable bonds is 4. The Morgan fingerprint density at radius 1 is 1.30 bits per heavy atom. The monoisotopic (exact) mass is 358 g/mol. The van der Waals surface area contributed by atoms with E-state index in [1.165, 1.54) is 13.2 Å². The summed E-state index contributed by atoms with van der Waals surface area (Å²) in [5.74, 6) is -0.244. The van der Waals surface area contributed by atoms with Crippen LogP contribution in [-0.2, 0) is 6.42 Å². The highest BCUT2D eigenvalue weighted by Gasteiger charge is 2.12. The normalized spacial score (nSPS) is 12.2. The van der Waals surface area contributed by atoms with Gasteiger partial charge in [0.05, 0.1) is 18.2 Å². The number of hydrogen-bond donors (Lipinski definition) is 1. The van der Waals surface area contributed by atoms with Crippen LogP contribution in [-0.4, -0.2) is 12.2 Å². The molecule has 0 aliphatic carbocycles. The molecule has 0 bridgehead atoms. The molecule has 0 saturated carbocycles. The van der Waals surface area contributed by atoms with Gasteiger partial charge >= 0.3 is 0 Å². The van der Waals surface area contributed by atoms with Gasteiger partial charge in [-0.2, -0.15) is 0 Å². The summed E-state index contributed by atoms with van der Waals surface area (Å²) >= 11 is 9.22. The van der Waals surface area contributed by atoms with Gasteiger partial charge in [0.1, 0.15) is 0 Å². The Morgan fingerprint density at radius 2 is 2.05 bits per heavy atom. The third-order valence-corrected chi connectivity index (χ3v) is 4.19. The first kappa shape index (κ1) is 15.3. The quantitative estimate of drug-likeness (QED) is 0.869. The van der Waals surface area contributed by atoms with Crippen molar-refractivity contribution in [3.63, 3.8) is 0 Å². The lowest BCUT2D eigenvalue weighted by Crippen LogP contribution is -2.02. The molecule has 2 rings (SSSR count). The van der Waals surface area contributed by atoms with Gasteiger partial charge in [-0.15, -0.1) is 0 Å². The minimum absolute atomic E-state index is 0.192. The van der Waals surface area contributed by atoms with Gasteiger partial charge in [0.25, 0.3) is 0 Å². The van der Waals surface area contributed by atoms with Crippen LogP contribution in [0.5, 0.6) is 5.75 Å². The van der Waals surface area contributed by atoms with Crippen LogP contribution >= 0.6 is 27.5 Å². The fourth-order valence-electron chi connectivity index (χ4n) is 1.90. The molecular formula is C15H13BrClFO2. The van der Waals surface area contributed by atoms with E-state index in [-0.39, 0.29) is 5.75 Å². The van der Waals surface area contributed by atoms with Gasteiger partial charge in [-0.25, -0.2) is 4.39 Å². The average molecular weight is 360 g/mol. The lowest BCUT2D eigenvalue weighted by Gasteiger charge is -2.13. The lowest BCUT2D eigenvalue weighted by atomic mass is 10.0. The van der Waals surface area contributed by atoms with Crippen molar-refractivity contribution in [1.29, 1.82) is 0 Å². The second-order valence-electron chi connectivity index (χ2n) is 4.36. The third kappa shape index (κ3) is 3.51. The van der Waals surface area contributed by atoms with Crippen molar-refractivity contribution < 1.29 is 14.2 Å². The van der Waals surface area contributed by atoms with Crippen LogP contribution in [0.25, 0.3) is 0 Å². The van der Waals surface area contributed by atoms with Crippen LogP contribution < -0.4 is 4.74 Å². The number of benzene rings is 2. The summed E-state index contributed by atoms with van der Waals surface area (Å²) in [4.78, 5) is 0. The number of aliphatic hydroxyl groups excluding tert-OH is 1. The summed E-state index contributed by atoms with van der Waals surface area (Å²) in [5, 5.41) is 10.8.